The molecule has 7 nitrogen and oxygen atoms in total. The van der Waals surface area contributed by atoms with Crippen LogP contribution in [0.4, 0.5) is 5.69 Å². The van der Waals surface area contributed by atoms with E-state index in [4.69, 9.17) is 4.74 Å². The minimum absolute atomic E-state index is 0.0388. The van der Waals surface area contributed by atoms with E-state index in [1.165, 1.54) is 0 Å². The first-order valence-electron chi connectivity index (χ1n) is 10.6. The molecule has 0 aliphatic heterocycles. The van der Waals surface area contributed by atoms with Crippen molar-refractivity contribution in [1.29, 1.82) is 0 Å². The number of nitrogens with one attached hydrogen (secondary N) is 1. The van der Waals surface area contributed by atoms with Gasteiger partial charge in [-0.1, -0.05) is 62.4 Å². The average molecular weight is 441 g/mol. The number of esters is 1. The van der Waals surface area contributed by atoms with E-state index < -0.39 is 18.5 Å². The number of hydrogen-bond donors (Lipinski definition) is 1. The number of ether oxygens (including phenoxy) is 1. The van der Waals surface area contributed by atoms with Crippen LogP contribution in [0.2, 0.25) is 0 Å². The second kappa shape index (κ2) is 9.48. The van der Waals surface area contributed by atoms with Gasteiger partial charge in [0.05, 0.1) is 11.1 Å². The molecular weight excluding hydrogens is 418 g/mol. The Morgan fingerprint density at radius 3 is 2.21 bits per heavy atom. The summed E-state index contributed by atoms with van der Waals surface area (Å²) in [4.78, 5) is 38.1. The first kappa shape index (κ1) is 22.0. The predicted molar refractivity (Wildman–Crippen MR) is 127 cm³/mol. The highest BCUT2D eigenvalue weighted by Gasteiger charge is 2.19. The normalized spacial score (nSPS) is 10.9. The predicted octanol–water partition coefficient (Wildman–Crippen LogP) is 4.30. The van der Waals surface area contributed by atoms with Gasteiger partial charge in [0.15, 0.2) is 12.3 Å². The van der Waals surface area contributed by atoms with Gasteiger partial charge in [0.25, 0.3) is 11.5 Å². The molecular formula is C26H23N3O4. The summed E-state index contributed by atoms with van der Waals surface area (Å²) in [6.45, 7) is 3.70. The van der Waals surface area contributed by atoms with Crippen LogP contribution in [0.3, 0.4) is 0 Å². The molecule has 166 valence electrons. The summed E-state index contributed by atoms with van der Waals surface area (Å²) in [5.74, 6) is -0.875. The van der Waals surface area contributed by atoms with Gasteiger partial charge in [-0.2, -0.15) is 9.78 Å². The molecule has 0 saturated carbocycles. The van der Waals surface area contributed by atoms with Crippen LogP contribution < -0.4 is 10.9 Å². The Bertz CT molecular complexity index is 1360. The summed E-state index contributed by atoms with van der Waals surface area (Å²) in [5.41, 5.74) is 1.90. The summed E-state index contributed by atoms with van der Waals surface area (Å²) in [7, 11) is 0. The number of carbonyl (C=O) groups is 2. The van der Waals surface area contributed by atoms with Gasteiger partial charge in [-0.05, 0) is 41.8 Å². The molecule has 0 fully saturated rings. The van der Waals surface area contributed by atoms with E-state index in [2.05, 4.69) is 24.3 Å². The summed E-state index contributed by atoms with van der Waals surface area (Å²) < 4.78 is 6.40. The number of fused-ring (bicyclic) bond motifs is 1. The van der Waals surface area contributed by atoms with Crippen molar-refractivity contribution in [3.63, 3.8) is 0 Å². The van der Waals surface area contributed by atoms with Gasteiger partial charge in [-0.3, -0.25) is 9.59 Å². The fraction of sp³-hybridized carbons (Fsp3) is 0.154. The molecule has 4 aromatic rings. The SMILES string of the molecule is CC(C)c1ccc(NC(=O)COC(=O)c2nn(-c3ccccc3)c(=O)c3ccccc23)cc1. The van der Waals surface area contributed by atoms with Crippen molar-refractivity contribution < 1.29 is 14.3 Å². The van der Waals surface area contributed by atoms with E-state index in [9.17, 15) is 14.4 Å². The van der Waals surface area contributed by atoms with E-state index in [1.807, 2.05) is 18.2 Å². The number of para-hydroxylation sites is 1. The lowest BCUT2D eigenvalue weighted by Gasteiger charge is -2.11. The lowest BCUT2D eigenvalue weighted by molar-refractivity contribution is -0.119. The number of aromatic nitrogens is 2. The maximum absolute atomic E-state index is 12.9. The molecule has 0 aliphatic rings. The zero-order valence-electron chi connectivity index (χ0n) is 18.3. The minimum Gasteiger partial charge on any atom is -0.451 e. The Balaban J connectivity index is 1.55. The van der Waals surface area contributed by atoms with Gasteiger partial charge in [0.1, 0.15) is 0 Å². The largest absolute Gasteiger partial charge is 0.451 e. The molecule has 1 heterocycles. The van der Waals surface area contributed by atoms with E-state index in [0.717, 1.165) is 10.2 Å². The Labute approximate surface area is 190 Å². The zero-order valence-corrected chi connectivity index (χ0v) is 18.3. The monoisotopic (exact) mass is 441 g/mol. The van der Waals surface area contributed by atoms with Gasteiger partial charge >= 0.3 is 5.97 Å². The highest BCUT2D eigenvalue weighted by Crippen LogP contribution is 2.18. The molecule has 0 atom stereocenters. The number of amides is 1. The van der Waals surface area contributed by atoms with Crippen LogP contribution in [0.1, 0.15) is 35.8 Å². The van der Waals surface area contributed by atoms with Gasteiger partial charge in [0, 0.05) is 11.1 Å². The maximum atomic E-state index is 12.9. The van der Waals surface area contributed by atoms with E-state index in [-0.39, 0.29) is 11.3 Å². The zero-order chi connectivity index (χ0) is 23.4. The fourth-order valence-corrected chi connectivity index (χ4v) is 3.43. The topological polar surface area (TPSA) is 90.3 Å². The van der Waals surface area contributed by atoms with Crippen molar-refractivity contribution in [2.24, 2.45) is 0 Å². The molecule has 1 amide bonds. The smallest absolute Gasteiger partial charge is 0.359 e. The molecule has 3 aromatic carbocycles. The van der Waals surface area contributed by atoms with E-state index in [1.54, 1.807) is 60.7 Å². The summed E-state index contributed by atoms with van der Waals surface area (Å²) in [6.07, 6.45) is 0. The van der Waals surface area contributed by atoms with Crippen molar-refractivity contribution in [3.05, 3.63) is 100 Å². The van der Waals surface area contributed by atoms with Crippen molar-refractivity contribution in [2.45, 2.75) is 19.8 Å². The molecule has 33 heavy (non-hydrogen) atoms. The van der Waals surface area contributed by atoms with Crippen molar-refractivity contribution in [3.8, 4) is 5.69 Å². The number of anilines is 1. The first-order valence-corrected chi connectivity index (χ1v) is 10.6. The third-order valence-corrected chi connectivity index (χ3v) is 5.19. The number of hydrogen-bond acceptors (Lipinski definition) is 5. The molecule has 0 unspecified atom stereocenters. The molecule has 7 heteroatoms. The van der Waals surface area contributed by atoms with Crippen LogP contribution >= 0.6 is 0 Å². The molecule has 0 spiro atoms. The second-order valence-corrected chi connectivity index (χ2v) is 7.85. The molecule has 0 aliphatic carbocycles. The quantitative estimate of drug-likeness (QED) is 0.451. The van der Waals surface area contributed by atoms with E-state index >= 15 is 0 Å². The van der Waals surface area contributed by atoms with Crippen molar-refractivity contribution in [2.75, 3.05) is 11.9 Å². The summed E-state index contributed by atoms with van der Waals surface area (Å²) in [5, 5.41) is 7.66. The maximum Gasteiger partial charge on any atom is 0.359 e. The van der Waals surface area contributed by atoms with E-state index in [0.29, 0.717) is 28.1 Å². The highest BCUT2D eigenvalue weighted by molar-refractivity contribution is 6.03. The van der Waals surface area contributed by atoms with Gasteiger partial charge in [0.2, 0.25) is 0 Å². The van der Waals surface area contributed by atoms with Crippen LogP contribution in [-0.4, -0.2) is 28.3 Å². The Morgan fingerprint density at radius 2 is 1.55 bits per heavy atom. The van der Waals surface area contributed by atoms with Crippen molar-refractivity contribution in [1.82, 2.24) is 9.78 Å². The van der Waals surface area contributed by atoms with Crippen LogP contribution in [0.5, 0.6) is 0 Å². The van der Waals surface area contributed by atoms with Gasteiger partial charge in [-0.25, -0.2) is 4.79 Å². The lowest BCUT2D eigenvalue weighted by Crippen LogP contribution is -2.26. The molecule has 0 saturated heterocycles. The highest BCUT2D eigenvalue weighted by atomic mass is 16.5. The number of rotatable bonds is 6. The van der Waals surface area contributed by atoms with Gasteiger partial charge in [-0.15, -0.1) is 0 Å². The molecule has 4 rings (SSSR count). The number of nitrogens with zero attached hydrogens (tertiary/aromatic N) is 2. The summed E-state index contributed by atoms with van der Waals surface area (Å²) >= 11 is 0. The molecule has 0 radical (unpaired) electrons. The fourth-order valence-electron chi connectivity index (χ4n) is 3.43. The molecule has 1 aromatic heterocycles. The summed E-state index contributed by atoms with van der Waals surface area (Å²) in [6, 6.07) is 23.0. The first-order chi connectivity index (χ1) is 15.9. The van der Waals surface area contributed by atoms with Crippen molar-refractivity contribution >= 4 is 28.3 Å². The minimum atomic E-state index is -0.791. The standard InChI is InChI=1S/C26H23N3O4/c1-17(2)18-12-14-19(15-13-18)27-23(30)16-33-26(32)24-21-10-6-7-11-22(21)25(31)29(28-24)20-8-4-3-5-9-20/h3-15,17H,16H2,1-2H3,(H,27,30). The Hall–Kier alpha value is -4.26. The molecule has 0 bridgehead atoms. The average Bonchev–Trinajstić information content (AvgIpc) is 2.84. The number of benzene rings is 3. The molecule has 1 N–H and O–H groups in total. The van der Waals surface area contributed by atoms with Crippen LogP contribution in [0.25, 0.3) is 16.5 Å². The van der Waals surface area contributed by atoms with Crippen LogP contribution in [0, 0.1) is 0 Å². The second-order valence-electron chi connectivity index (χ2n) is 7.85. The van der Waals surface area contributed by atoms with Gasteiger partial charge < -0.3 is 10.1 Å². The third-order valence-electron chi connectivity index (χ3n) is 5.19. The lowest BCUT2D eigenvalue weighted by atomic mass is 10.0. The Kier molecular flexibility index (Phi) is 6.31. The number of carbonyl (C=O) groups excluding carboxylic acids is 2. The van der Waals surface area contributed by atoms with Crippen LogP contribution in [-0.2, 0) is 9.53 Å². The third kappa shape index (κ3) is 4.82. The van der Waals surface area contributed by atoms with Crippen LogP contribution in [0.15, 0.2) is 83.7 Å². The Morgan fingerprint density at radius 1 is 0.909 bits per heavy atom.